The Kier molecular flexibility index (Phi) is 9.83. The molecule has 4 rings (SSSR count). The molecule has 0 aliphatic rings. The van der Waals surface area contributed by atoms with E-state index in [1.165, 1.54) is 21.2 Å². The van der Waals surface area contributed by atoms with E-state index in [2.05, 4.69) is 72.8 Å². The van der Waals surface area contributed by atoms with E-state index < -0.39 is 15.8 Å². The smallest absolute Gasteiger partial charge is 0.119 e. The molecule has 0 aliphatic carbocycles. The third-order valence-corrected chi connectivity index (χ3v) is 11.4. The van der Waals surface area contributed by atoms with Gasteiger partial charge in [-0.1, -0.05) is 48.5 Å². The minimum atomic E-state index is -0.581. The summed E-state index contributed by atoms with van der Waals surface area (Å²) < 4.78 is 22.2. The highest BCUT2D eigenvalue weighted by Crippen LogP contribution is 2.41. The molecule has 0 unspecified atom stereocenters. The summed E-state index contributed by atoms with van der Waals surface area (Å²) in [4.78, 5) is 0. The Morgan fingerprint density at radius 2 is 0.703 bits per heavy atom. The Morgan fingerprint density at radius 3 is 0.946 bits per heavy atom. The molecule has 37 heavy (non-hydrogen) atoms. The summed E-state index contributed by atoms with van der Waals surface area (Å²) in [6.45, 7) is 0. The van der Waals surface area contributed by atoms with Gasteiger partial charge in [0.25, 0.3) is 0 Å². The Labute approximate surface area is 223 Å². The van der Waals surface area contributed by atoms with Gasteiger partial charge in [-0.25, -0.2) is 0 Å². The van der Waals surface area contributed by atoms with Crippen molar-refractivity contribution in [2.75, 3.05) is 40.8 Å². The number of hydrogen-bond acceptors (Lipinski definition) is 4. The molecule has 0 radical (unpaired) electrons. The fourth-order valence-electron chi connectivity index (χ4n) is 4.31. The first-order chi connectivity index (χ1) is 18.1. The van der Waals surface area contributed by atoms with Crippen molar-refractivity contribution >= 4 is 37.1 Å². The van der Waals surface area contributed by atoms with Crippen molar-refractivity contribution in [1.29, 1.82) is 0 Å². The van der Waals surface area contributed by atoms with Gasteiger partial charge in [-0.05, 0) is 104 Å². The molecule has 0 aliphatic heterocycles. The van der Waals surface area contributed by atoms with Crippen LogP contribution in [-0.2, 0) is 0 Å². The van der Waals surface area contributed by atoms with Gasteiger partial charge in [0, 0.05) is 0 Å². The second-order valence-corrected chi connectivity index (χ2v) is 13.1. The molecule has 6 heteroatoms. The highest BCUT2D eigenvalue weighted by atomic mass is 31.1. The molecule has 0 spiro atoms. The van der Waals surface area contributed by atoms with E-state index in [9.17, 15) is 0 Å². The molecule has 192 valence electrons. The normalized spacial score (nSPS) is 11.0. The molecular formula is C31H34O4P2. The minimum Gasteiger partial charge on any atom is -0.497 e. The standard InChI is InChI=1S/C31H34O4P2/c1-32-24-10-5-14-28(20-24)36(29-15-6-11-25(21-29)33-2)18-9-19-37(30-16-7-12-26(22-30)34-3)31-17-8-13-27(23-31)35-4/h5-8,10-17,20-23H,9,18-19H2,1-4H3. The second kappa shape index (κ2) is 13.5. The molecule has 0 saturated carbocycles. The summed E-state index contributed by atoms with van der Waals surface area (Å²) in [6.07, 6.45) is 3.23. The molecule has 4 nitrogen and oxygen atoms in total. The maximum Gasteiger partial charge on any atom is 0.119 e. The van der Waals surface area contributed by atoms with Gasteiger partial charge >= 0.3 is 0 Å². The predicted octanol–water partition coefficient (Wildman–Crippen LogP) is 5.68. The molecule has 0 amide bonds. The fraction of sp³-hybridized carbons (Fsp3) is 0.226. The van der Waals surface area contributed by atoms with E-state index >= 15 is 0 Å². The summed E-state index contributed by atoms with van der Waals surface area (Å²) in [5.74, 6) is 3.57. The maximum atomic E-state index is 5.55. The zero-order valence-corrected chi connectivity index (χ0v) is 23.7. The van der Waals surface area contributed by atoms with Crippen molar-refractivity contribution in [1.82, 2.24) is 0 Å². The monoisotopic (exact) mass is 532 g/mol. The van der Waals surface area contributed by atoms with Crippen molar-refractivity contribution in [3.8, 4) is 23.0 Å². The average Bonchev–Trinajstić information content (AvgIpc) is 2.97. The zero-order valence-electron chi connectivity index (χ0n) is 21.9. The molecule has 0 saturated heterocycles. The van der Waals surface area contributed by atoms with E-state index in [1.807, 2.05) is 24.3 Å². The van der Waals surface area contributed by atoms with E-state index in [1.54, 1.807) is 28.4 Å². The van der Waals surface area contributed by atoms with Gasteiger partial charge in [-0.2, -0.15) is 0 Å². The molecule has 4 aromatic carbocycles. The highest BCUT2D eigenvalue weighted by molar-refractivity contribution is 7.74. The van der Waals surface area contributed by atoms with Crippen LogP contribution in [0, 0.1) is 0 Å². The number of rotatable bonds is 12. The van der Waals surface area contributed by atoms with E-state index in [-0.39, 0.29) is 0 Å². The van der Waals surface area contributed by atoms with Crippen molar-refractivity contribution in [2.45, 2.75) is 6.42 Å². The van der Waals surface area contributed by atoms with Crippen LogP contribution in [0.25, 0.3) is 0 Å². The number of methoxy groups -OCH3 is 4. The summed E-state index contributed by atoms with van der Waals surface area (Å²) in [5, 5.41) is 5.26. The summed E-state index contributed by atoms with van der Waals surface area (Å²) in [7, 11) is 5.74. The van der Waals surface area contributed by atoms with Gasteiger partial charge in [0.15, 0.2) is 0 Å². The Morgan fingerprint density at radius 1 is 0.432 bits per heavy atom. The van der Waals surface area contributed by atoms with Gasteiger partial charge in [0.2, 0.25) is 0 Å². The van der Waals surface area contributed by atoms with Crippen LogP contribution < -0.4 is 40.2 Å². The van der Waals surface area contributed by atoms with Crippen LogP contribution in [0.2, 0.25) is 0 Å². The van der Waals surface area contributed by atoms with Crippen molar-refractivity contribution in [3.05, 3.63) is 97.1 Å². The summed E-state index contributed by atoms with van der Waals surface area (Å²) in [5.41, 5.74) is 0. The maximum absolute atomic E-state index is 5.55. The van der Waals surface area contributed by atoms with Crippen molar-refractivity contribution in [3.63, 3.8) is 0 Å². The van der Waals surface area contributed by atoms with E-state index in [0.29, 0.717) is 0 Å². The lowest BCUT2D eigenvalue weighted by molar-refractivity contribution is 0.415. The second-order valence-electron chi connectivity index (χ2n) is 8.46. The van der Waals surface area contributed by atoms with Crippen LogP contribution in [0.15, 0.2) is 97.1 Å². The van der Waals surface area contributed by atoms with Gasteiger partial charge in [-0.15, -0.1) is 0 Å². The largest absolute Gasteiger partial charge is 0.497 e. The van der Waals surface area contributed by atoms with Gasteiger partial charge in [0.1, 0.15) is 23.0 Å². The molecule has 4 aromatic rings. The average molecular weight is 533 g/mol. The molecule has 0 bridgehead atoms. The fourth-order valence-corrected chi connectivity index (χ4v) is 9.34. The lowest BCUT2D eigenvalue weighted by Crippen LogP contribution is -2.18. The van der Waals surface area contributed by atoms with Gasteiger partial charge in [0.05, 0.1) is 28.4 Å². The third-order valence-electron chi connectivity index (χ3n) is 6.22. The summed E-state index contributed by atoms with van der Waals surface area (Å²) >= 11 is 0. The molecule has 0 atom stereocenters. The van der Waals surface area contributed by atoms with Crippen LogP contribution in [0.5, 0.6) is 23.0 Å². The Balaban J connectivity index is 1.63. The zero-order chi connectivity index (χ0) is 26.0. The Bertz CT molecular complexity index is 1100. The first kappa shape index (κ1) is 27.0. The third kappa shape index (κ3) is 7.04. The molecule has 0 fully saturated rings. The van der Waals surface area contributed by atoms with Crippen molar-refractivity contribution in [2.24, 2.45) is 0 Å². The quantitative estimate of drug-likeness (QED) is 0.220. The Hall–Kier alpha value is -3.06. The highest BCUT2D eigenvalue weighted by Gasteiger charge is 2.19. The lowest BCUT2D eigenvalue weighted by Gasteiger charge is -2.23. The van der Waals surface area contributed by atoms with Crippen LogP contribution in [-0.4, -0.2) is 40.8 Å². The van der Waals surface area contributed by atoms with E-state index in [4.69, 9.17) is 18.9 Å². The van der Waals surface area contributed by atoms with Gasteiger partial charge in [-0.3, -0.25) is 0 Å². The molecule has 0 N–H and O–H groups in total. The van der Waals surface area contributed by atoms with Gasteiger partial charge < -0.3 is 18.9 Å². The molecule has 0 heterocycles. The van der Waals surface area contributed by atoms with Crippen LogP contribution >= 0.6 is 15.8 Å². The number of ether oxygens (including phenoxy) is 4. The van der Waals surface area contributed by atoms with Crippen LogP contribution in [0.1, 0.15) is 6.42 Å². The lowest BCUT2D eigenvalue weighted by atomic mass is 10.3. The van der Waals surface area contributed by atoms with E-state index in [0.717, 1.165) is 41.7 Å². The molecule has 0 aromatic heterocycles. The first-order valence-electron chi connectivity index (χ1n) is 12.3. The number of hydrogen-bond donors (Lipinski definition) is 0. The predicted molar refractivity (Wildman–Crippen MR) is 159 cm³/mol. The first-order valence-corrected chi connectivity index (χ1v) is 15.3. The number of benzene rings is 4. The SMILES string of the molecule is COc1cccc(P(CCCP(c2cccc(OC)c2)c2cccc(OC)c2)c2cccc(OC)c2)c1. The topological polar surface area (TPSA) is 36.9 Å². The van der Waals surface area contributed by atoms with Crippen molar-refractivity contribution < 1.29 is 18.9 Å². The molecular weight excluding hydrogens is 498 g/mol. The van der Waals surface area contributed by atoms with Crippen LogP contribution in [0.4, 0.5) is 0 Å². The minimum absolute atomic E-state index is 0.581. The summed E-state index contributed by atoms with van der Waals surface area (Å²) in [6, 6.07) is 34.0. The van der Waals surface area contributed by atoms with Crippen LogP contribution in [0.3, 0.4) is 0 Å².